The van der Waals surface area contributed by atoms with Crippen LogP contribution in [0.3, 0.4) is 0 Å². The third kappa shape index (κ3) is 5.76. The van der Waals surface area contributed by atoms with E-state index in [9.17, 15) is 4.79 Å². The van der Waals surface area contributed by atoms with Gasteiger partial charge in [-0.25, -0.2) is 0 Å². The minimum absolute atomic E-state index is 0. The number of rotatable bonds is 4. The zero-order valence-electron chi connectivity index (χ0n) is 15.0. The van der Waals surface area contributed by atoms with E-state index in [2.05, 4.69) is 22.0 Å². The number of carbonyl (C=O) groups is 1. The van der Waals surface area contributed by atoms with Crippen molar-refractivity contribution in [2.75, 3.05) is 39.3 Å². The molecule has 142 valence electrons. The molecule has 0 aromatic carbocycles. The molecule has 3 heterocycles. The Morgan fingerprint density at radius 3 is 2.50 bits per heavy atom. The lowest BCUT2D eigenvalue weighted by molar-refractivity contribution is -0.131. The number of halogens is 2. The van der Waals surface area contributed by atoms with Gasteiger partial charge in [0, 0.05) is 25.6 Å². The van der Waals surface area contributed by atoms with Gasteiger partial charge in [-0.05, 0) is 70.1 Å². The van der Waals surface area contributed by atoms with E-state index in [1.165, 1.54) is 51.6 Å². The summed E-state index contributed by atoms with van der Waals surface area (Å²) >= 11 is 0. The van der Waals surface area contributed by atoms with Gasteiger partial charge >= 0.3 is 0 Å². The van der Waals surface area contributed by atoms with Crippen molar-refractivity contribution in [1.82, 2.24) is 15.1 Å². The van der Waals surface area contributed by atoms with E-state index in [0.29, 0.717) is 23.8 Å². The van der Waals surface area contributed by atoms with Crippen LogP contribution in [0, 0.1) is 11.8 Å². The maximum absolute atomic E-state index is 12.6. The molecule has 4 nitrogen and oxygen atoms in total. The number of piperidine rings is 2. The van der Waals surface area contributed by atoms with Gasteiger partial charge in [-0.1, -0.05) is 13.3 Å². The standard InChI is InChI=1S/C18H33N3O.2ClH/c1-15(16-6-5-8-19-13-16)12-18(22)21-11-7-17(14-21)20-9-3-2-4-10-20;;/h15-17,19H,2-14H2,1H3;2*1H. The summed E-state index contributed by atoms with van der Waals surface area (Å²) < 4.78 is 0. The molecule has 0 aromatic rings. The second-order valence-electron chi connectivity index (χ2n) is 7.67. The van der Waals surface area contributed by atoms with E-state index in [0.717, 1.165) is 32.6 Å². The predicted molar refractivity (Wildman–Crippen MR) is 104 cm³/mol. The summed E-state index contributed by atoms with van der Waals surface area (Å²) in [5.74, 6) is 1.62. The van der Waals surface area contributed by atoms with Crippen LogP contribution in [0.15, 0.2) is 0 Å². The number of nitrogens with zero attached hydrogens (tertiary/aromatic N) is 2. The van der Waals surface area contributed by atoms with Crippen molar-refractivity contribution >= 4 is 30.7 Å². The molecule has 3 fully saturated rings. The summed E-state index contributed by atoms with van der Waals surface area (Å²) in [7, 11) is 0. The van der Waals surface area contributed by atoms with Crippen molar-refractivity contribution in [2.45, 2.75) is 57.9 Å². The molecule has 0 aromatic heterocycles. The minimum Gasteiger partial charge on any atom is -0.341 e. The van der Waals surface area contributed by atoms with Crippen molar-refractivity contribution in [3.05, 3.63) is 0 Å². The molecule has 0 bridgehead atoms. The molecule has 0 spiro atoms. The summed E-state index contributed by atoms with van der Waals surface area (Å²) in [6.07, 6.45) is 8.57. The third-order valence-corrected chi connectivity index (χ3v) is 6.06. The second kappa shape index (κ2) is 10.8. The van der Waals surface area contributed by atoms with Gasteiger partial charge in [-0.15, -0.1) is 24.8 Å². The smallest absolute Gasteiger partial charge is 0.222 e. The maximum Gasteiger partial charge on any atom is 0.222 e. The Kier molecular flexibility index (Phi) is 9.95. The Morgan fingerprint density at radius 1 is 1.08 bits per heavy atom. The molecule has 0 radical (unpaired) electrons. The Hall–Kier alpha value is -0.0300. The highest BCUT2D eigenvalue weighted by molar-refractivity contribution is 5.85. The summed E-state index contributed by atoms with van der Waals surface area (Å²) in [6, 6.07) is 0.635. The van der Waals surface area contributed by atoms with Gasteiger partial charge in [0.2, 0.25) is 5.91 Å². The monoisotopic (exact) mass is 379 g/mol. The fraction of sp³-hybridized carbons (Fsp3) is 0.944. The molecule has 0 aliphatic carbocycles. The van der Waals surface area contributed by atoms with Crippen LogP contribution >= 0.6 is 24.8 Å². The fourth-order valence-corrected chi connectivity index (χ4v) is 4.49. The van der Waals surface area contributed by atoms with Crippen LogP contribution < -0.4 is 5.32 Å². The second-order valence-corrected chi connectivity index (χ2v) is 7.67. The average Bonchev–Trinajstić information content (AvgIpc) is 3.06. The Labute approximate surface area is 159 Å². The first-order valence-corrected chi connectivity index (χ1v) is 9.46. The van der Waals surface area contributed by atoms with Gasteiger partial charge in [0.05, 0.1) is 0 Å². The van der Waals surface area contributed by atoms with Crippen molar-refractivity contribution in [3.63, 3.8) is 0 Å². The van der Waals surface area contributed by atoms with E-state index < -0.39 is 0 Å². The third-order valence-electron chi connectivity index (χ3n) is 6.06. The molecule has 3 rings (SSSR count). The zero-order valence-corrected chi connectivity index (χ0v) is 16.7. The van der Waals surface area contributed by atoms with E-state index in [-0.39, 0.29) is 24.8 Å². The molecule has 0 saturated carbocycles. The van der Waals surface area contributed by atoms with Crippen molar-refractivity contribution in [2.24, 2.45) is 11.8 Å². The minimum atomic E-state index is 0. The molecule has 3 aliphatic rings. The lowest BCUT2D eigenvalue weighted by Crippen LogP contribution is -2.42. The molecule has 1 N–H and O–H groups in total. The van der Waals surface area contributed by atoms with Crippen LogP contribution in [-0.4, -0.2) is 61.0 Å². The summed E-state index contributed by atoms with van der Waals surface area (Å²) in [5.41, 5.74) is 0. The van der Waals surface area contributed by atoms with Gasteiger partial charge in [-0.2, -0.15) is 0 Å². The lowest BCUT2D eigenvalue weighted by Gasteiger charge is -2.32. The number of amides is 1. The normalized spacial score (nSPS) is 29.5. The topological polar surface area (TPSA) is 35.6 Å². The van der Waals surface area contributed by atoms with Crippen LogP contribution in [0.25, 0.3) is 0 Å². The van der Waals surface area contributed by atoms with Crippen molar-refractivity contribution in [1.29, 1.82) is 0 Å². The highest BCUT2D eigenvalue weighted by Gasteiger charge is 2.32. The Bertz CT molecular complexity index is 371. The van der Waals surface area contributed by atoms with Crippen LogP contribution in [0.4, 0.5) is 0 Å². The molecular formula is C18H35Cl2N3O. The van der Waals surface area contributed by atoms with Gasteiger partial charge < -0.3 is 10.2 Å². The van der Waals surface area contributed by atoms with E-state index in [1.807, 2.05) is 0 Å². The number of likely N-dealkylation sites (tertiary alicyclic amines) is 2. The highest BCUT2D eigenvalue weighted by Crippen LogP contribution is 2.25. The summed E-state index contributed by atoms with van der Waals surface area (Å²) in [4.78, 5) is 17.4. The first kappa shape index (κ1) is 22.0. The van der Waals surface area contributed by atoms with Crippen LogP contribution in [0.2, 0.25) is 0 Å². The van der Waals surface area contributed by atoms with Crippen molar-refractivity contribution in [3.8, 4) is 0 Å². The lowest BCUT2D eigenvalue weighted by atomic mass is 9.85. The zero-order chi connectivity index (χ0) is 15.4. The predicted octanol–water partition coefficient (Wildman–Crippen LogP) is 2.94. The summed E-state index contributed by atoms with van der Waals surface area (Å²) in [6.45, 7) is 8.98. The molecule has 3 atom stereocenters. The largest absolute Gasteiger partial charge is 0.341 e. The van der Waals surface area contributed by atoms with Crippen LogP contribution in [0.5, 0.6) is 0 Å². The number of nitrogens with one attached hydrogen (secondary N) is 1. The quantitative estimate of drug-likeness (QED) is 0.815. The SMILES string of the molecule is CC(CC(=O)N1CCC(N2CCCCC2)C1)C1CCCNC1.Cl.Cl. The molecule has 3 unspecified atom stereocenters. The van der Waals surface area contributed by atoms with Crippen LogP contribution in [0.1, 0.15) is 51.9 Å². The van der Waals surface area contributed by atoms with Gasteiger partial charge in [0.15, 0.2) is 0 Å². The van der Waals surface area contributed by atoms with E-state index in [1.54, 1.807) is 0 Å². The van der Waals surface area contributed by atoms with Crippen molar-refractivity contribution < 1.29 is 4.79 Å². The van der Waals surface area contributed by atoms with Crippen LogP contribution in [-0.2, 0) is 4.79 Å². The average molecular weight is 380 g/mol. The van der Waals surface area contributed by atoms with E-state index >= 15 is 0 Å². The van der Waals surface area contributed by atoms with Gasteiger partial charge in [0.1, 0.15) is 0 Å². The summed E-state index contributed by atoms with van der Waals surface area (Å²) in [5, 5.41) is 3.48. The van der Waals surface area contributed by atoms with Gasteiger partial charge in [-0.3, -0.25) is 9.69 Å². The molecule has 6 heteroatoms. The van der Waals surface area contributed by atoms with E-state index in [4.69, 9.17) is 0 Å². The van der Waals surface area contributed by atoms with Gasteiger partial charge in [0.25, 0.3) is 0 Å². The molecule has 3 aliphatic heterocycles. The molecule has 1 amide bonds. The Balaban J connectivity index is 0.00000144. The number of carbonyl (C=O) groups excluding carboxylic acids is 1. The molecule has 24 heavy (non-hydrogen) atoms. The first-order valence-electron chi connectivity index (χ1n) is 9.46. The molecular weight excluding hydrogens is 345 g/mol. The fourth-order valence-electron chi connectivity index (χ4n) is 4.49. The number of hydrogen-bond donors (Lipinski definition) is 1. The first-order chi connectivity index (χ1) is 10.7. The highest BCUT2D eigenvalue weighted by atomic mass is 35.5. The Morgan fingerprint density at radius 2 is 1.83 bits per heavy atom. The molecule has 3 saturated heterocycles. The maximum atomic E-state index is 12.6. The number of hydrogen-bond acceptors (Lipinski definition) is 3.